The van der Waals surface area contributed by atoms with Crippen LogP contribution >= 0.6 is 11.3 Å². The lowest BCUT2D eigenvalue weighted by Gasteiger charge is -2.28. The van der Waals surface area contributed by atoms with Gasteiger partial charge in [0.2, 0.25) is 0 Å². The first-order valence-corrected chi connectivity index (χ1v) is 9.70. The first kappa shape index (κ1) is 19.5. The second-order valence-corrected chi connectivity index (χ2v) is 7.53. The van der Waals surface area contributed by atoms with Crippen LogP contribution in [0.2, 0.25) is 0 Å². The summed E-state index contributed by atoms with van der Waals surface area (Å²) in [4.78, 5) is 54.7. The van der Waals surface area contributed by atoms with Crippen molar-refractivity contribution in [3.63, 3.8) is 0 Å². The number of hydrogen-bond donors (Lipinski definition) is 1. The van der Waals surface area contributed by atoms with Crippen molar-refractivity contribution in [1.29, 1.82) is 0 Å². The van der Waals surface area contributed by atoms with Crippen molar-refractivity contribution in [2.24, 2.45) is 0 Å². The summed E-state index contributed by atoms with van der Waals surface area (Å²) in [7, 11) is 0. The number of hydrogen-bond acceptors (Lipinski definition) is 8. The van der Waals surface area contributed by atoms with Crippen LogP contribution in [0.1, 0.15) is 11.8 Å². The molecule has 154 valence electrons. The Labute approximate surface area is 172 Å². The van der Waals surface area contributed by atoms with Crippen molar-refractivity contribution in [3.05, 3.63) is 55.9 Å². The van der Waals surface area contributed by atoms with Crippen LogP contribution in [0.3, 0.4) is 0 Å². The topological polar surface area (TPSA) is 137 Å². The molecular formula is C18H15N5O6S. The first-order valence-electron chi connectivity index (χ1n) is 8.89. The molecule has 0 fully saturated rings. The van der Waals surface area contributed by atoms with Gasteiger partial charge in [0.05, 0.1) is 16.0 Å². The van der Waals surface area contributed by atoms with E-state index in [-0.39, 0.29) is 23.7 Å². The molecule has 0 spiro atoms. The molecule has 3 heterocycles. The van der Waals surface area contributed by atoms with Crippen LogP contribution < -0.4 is 20.6 Å². The van der Waals surface area contributed by atoms with E-state index >= 15 is 0 Å². The number of anilines is 1. The van der Waals surface area contributed by atoms with E-state index in [1.165, 1.54) is 29.8 Å². The highest BCUT2D eigenvalue weighted by molar-refractivity contribution is 7.18. The predicted octanol–water partition coefficient (Wildman–Crippen LogP) is 1.42. The molecule has 12 heteroatoms. The van der Waals surface area contributed by atoms with Gasteiger partial charge in [-0.2, -0.15) is 0 Å². The molecule has 2 amide bonds. The molecule has 0 bridgehead atoms. The Kier molecular flexibility index (Phi) is 4.91. The van der Waals surface area contributed by atoms with E-state index in [0.717, 1.165) is 26.9 Å². The molecule has 0 saturated carbocycles. The number of carbonyl (C=O) groups is 2. The number of carbonyl (C=O) groups excluding carboxylic acids is 2. The molecular weight excluding hydrogens is 414 g/mol. The molecule has 0 radical (unpaired) electrons. The smallest absolute Gasteiger partial charge is 0.280 e. The van der Waals surface area contributed by atoms with Crippen molar-refractivity contribution in [1.82, 2.24) is 9.66 Å². The number of rotatable bonds is 5. The minimum Gasteiger partial charge on any atom is -0.482 e. The average Bonchev–Trinajstić information content (AvgIpc) is 3.16. The third-order valence-electron chi connectivity index (χ3n) is 4.49. The van der Waals surface area contributed by atoms with Gasteiger partial charge < -0.3 is 4.74 Å². The maximum Gasteiger partial charge on any atom is 0.280 e. The first-order chi connectivity index (χ1) is 14.4. The van der Waals surface area contributed by atoms with Crippen LogP contribution in [0, 0.1) is 10.1 Å². The number of nitrogens with zero attached hydrogens (tertiary/aromatic N) is 4. The van der Waals surface area contributed by atoms with Gasteiger partial charge in [-0.3, -0.25) is 34.8 Å². The van der Waals surface area contributed by atoms with Crippen LogP contribution in [-0.2, 0) is 16.0 Å². The Hall–Kier alpha value is -3.80. The zero-order valence-electron chi connectivity index (χ0n) is 15.7. The minimum absolute atomic E-state index is 0.113. The summed E-state index contributed by atoms with van der Waals surface area (Å²) in [6, 6.07) is 5.52. The van der Waals surface area contributed by atoms with Gasteiger partial charge in [0.15, 0.2) is 6.61 Å². The molecule has 1 aliphatic heterocycles. The normalized spacial score (nSPS) is 13.1. The number of aryl methyl sites for hydroxylation is 1. The van der Waals surface area contributed by atoms with Crippen molar-refractivity contribution in [2.75, 3.05) is 23.5 Å². The molecule has 30 heavy (non-hydrogen) atoms. The van der Waals surface area contributed by atoms with Crippen LogP contribution in [0.15, 0.2) is 35.4 Å². The lowest BCUT2D eigenvalue weighted by molar-refractivity contribution is -0.384. The average molecular weight is 429 g/mol. The molecule has 0 saturated heterocycles. The maximum atomic E-state index is 12.6. The molecule has 11 nitrogen and oxygen atoms in total. The van der Waals surface area contributed by atoms with Crippen LogP contribution in [0.5, 0.6) is 5.75 Å². The highest BCUT2D eigenvalue weighted by Crippen LogP contribution is 2.35. The van der Waals surface area contributed by atoms with E-state index in [1.54, 1.807) is 6.07 Å². The second-order valence-electron chi connectivity index (χ2n) is 6.42. The number of nitro groups is 1. The molecule has 1 N–H and O–H groups in total. The molecule has 0 unspecified atom stereocenters. The number of nitro benzene ring substituents is 1. The lowest BCUT2D eigenvalue weighted by Crippen LogP contribution is -2.45. The zero-order valence-corrected chi connectivity index (χ0v) is 16.5. The number of amides is 2. The number of nitrogens with one attached hydrogen (secondary N) is 1. The molecule has 2 aromatic heterocycles. The third-order valence-corrected chi connectivity index (χ3v) is 5.68. The fraction of sp³-hybridized carbons (Fsp3) is 0.222. The Morgan fingerprint density at radius 2 is 2.17 bits per heavy atom. The van der Waals surface area contributed by atoms with Gasteiger partial charge in [-0.15, -0.1) is 11.3 Å². The van der Waals surface area contributed by atoms with Crippen LogP contribution in [-0.4, -0.2) is 39.5 Å². The van der Waals surface area contributed by atoms with E-state index in [1.807, 2.05) is 6.92 Å². The van der Waals surface area contributed by atoms with Crippen molar-refractivity contribution in [2.45, 2.75) is 13.3 Å². The number of ether oxygens (including phenoxy) is 1. The molecule has 4 rings (SSSR count). The van der Waals surface area contributed by atoms with Crippen molar-refractivity contribution < 1.29 is 19.2 Å². The van der Waals surface area contributed by atoms with Crippen LogP contribution in [0.25, 0.3) is 10.2 Å². The number of fused-ring (bicyclic) bond motifs is 2. The van der Waals surface area contributed by atoms with Crippen molar-refractivity contribution in [3.8, 4) is 5.75 Å². The highest BCUT2D eigenvalue weighted by atomic mass is 32.1. The summed E-state index contributed by atoms with van der Waals surface area (Å²) in [5.74, 6) is -0.958. The SMILES string of the molecule is CCc1cc2c(=O)n(NC(=O)CN3C(=O)COc4ccc([N+](=O)[O-])cc43)cnc2s1. The van der Waals surface area contributed by atoms with Gasteiger partial charge in [0.1, 0.15) is 23.5 Å². The summed E-state index contributed by atoms with van der Waals surface area (Å²) in [5.41, 5.74) is 1.84. The van der Waals surface area contributed by atoms with Gasteiger partial charge in [0, 0.05) is 17.0 Å². The Morgan fingerprint density at radius 3 is 2.90 bits per heavy atom. The lowest BCUT2D eigenvalue weighted by atomic mass is 10.2. The minimum atomic E-state index is -0.670. The van der Waals surface area contributed by atoms with E-state index in [4.69, 9.17) is 4.74 Å². The Balaban J connectivity index is 1.59. The number of non-ortho nitro benzene ring substituents is 1. The van der Waals surface area contributed by atoms with Gasteiger partial charge in [-0.05, 0) is 18.6 Å². The van der Waals surface area contributed by atoms with Crippen LogP contribution in [0.4, 0.5) is 11.4 Å². The number of benzene rings is 1. The molecule has 0 aliphatic carbocycles. The highest BCUT2D eigenvalue weighted by Gasteiger charge is 2.29. The summed E-state index contributed by atoms with van der Waals surface area (Å²) in [6.45, 7) is 1.21. The third kappa shape index (κ3) is 3.48. The molecule has 0 atom stereocenters. The zero-order chi connectivity index (χ0) is 21.4. The summed E-state index contributed by atoms with van der Waals surface area (Å²) in [6.07, 6.45) is 1.97. The molecule has 1 aromatic carbocycles. The largest absolute Gasteiger partial charge is 0.482 e. The molecule has 1 aliphatic rings. The van der Waals surface area contributed by atoms with E-state index in [9.17, 15) is 24.5 Å². The summed E-state index contributed by atoms with van der Waals surface area (Å²) >= 11 is 1.40. The van der Waals surface area contributed by atoms with E-state index in [0.29, 0.717) is 10.2 Å². The van der Waals surface area contributed by atoms with Gasteiger partial charge >= 0.3 is 0 Å². The van der Waals surface area contributed by atoms with Gasteiger partial charge in [-0.1, -0.05) is 6.92 Å². The Morgan fingerprint density at radius 1 is 1.37 bits per heavy atom. The van der Waals surface area contributed by atoms with E-state index < -0.39 is 28.8 Å². The maximum absolute atomic E-state index is 12.6. The Bertz CT molecular complexity index is 1250. The fourth-order valence-electron chi connectivity index (χ4n) is 3.02. The standard InChI is InChI=1S/C18H15N5O6S/c1-2-11-6-12-17(30-11)19-9-22(18(12)26)20-15(24)7-21-13-5-10(23(27)28)3-4-14(13)29-8-16(21)25/h3-6,9H,2,7-8H2,1H3,(H,20,24). The predicted molar refractivity (Wildman–Crippen MR) is 109 cm³/mol. The monoisotopic (exact) mass is 429 g/mol. The van der Waals surface area contributed by atoms with Gasteiger partial charge in [0.25, 0.3) is 23.1 Å². The number of aromatic nitrogens is 2. The summed E-state index contributed by atoms with van der Waals surface area (Å²) in [5, 5.41) is 11.4. The van der Waals surface area contributed by atoms with Crippen molar-refractivity contribution >= 4 is 44.7 Å². The quantitative estimate of drug-likeness (QED) is 0.478. The van der Waals surface area contributed by atoms with Gasteiger partial charge in [-0.25, -0.2) is 9.66 Å². The fourth-order valence-corrected chi connectivity index (χ4v) is 3.94. The summed E-state index contributed by atoms with van der Waals surface area (Å²) < 4.78 is 6.23. The van der Waals surface area contributed by atoms with E-state index in [2.05, 4.69) is 10.4 Å². The molecule has 3 aromatic rings. The number of thiophene rings is 1. The second kappa shape index (κ2) is 7.55.